The number of benzene rings is 2. The molecule has 0 aliphatic rings. The molecular weight excluding hydrogens is 311 g/mol. The smallest absolute Gasteiger partial charge is 0.416 e. The Morgan fingerprint density at radius 1 is 1.13 bits per heavy atom. The standard InChI is InChI=1S/C16H12F3NO3/c1-23-15(22)12-4-2-3-5-14(12)20-13-7-6-11(16(17,18)19)8-10(13)9-21/h2-9,20H,1H3. The maximum absolute atomic E-state index is 12.7. The van der Waals surface area contributed by atoms with Crippen LogP contribution in [0.15, 0.2) is 42.5 Å². The van der Waals surface area contributed by atoms with Crippen molar-refractivity contribution in [2.24, 2.45) is 0 Å². The third-order valence-corrected chi connectivity index (χ3v) is 3.11. The van der Waals surface area contributed by atoms with Crippen molar-refractivity contribution < 1.29 is 27.5 Å². The Bertz CT molecular complexity index is 742. The van der Waals surface area contributed by atoms with Crippen LogP contribution in [-0.4, -0.2) is 19.4 Å². The highest BCUT2D eigenvalue weighted by atomic mass is 19.4. The van der Waals surface area contributed by atoms with E-state index in [0.717, 1.165) is 18.2 Å². The predicted octanol–water partition coefficient (Wildman–Crippen LogP) is 4.05. The van der Waals surface area contributed by atoms with Gasteiger partial charge in [-0.3, -0.25) is 4.79 Å². The molecule has 7 heteroatoms. The Hall–Kier alpha value is -2.83. The van der Waals surface area contributed by atoms with Gasteiger partial charge in [0.25, 0.3) is 0 Å². The Balaban J connectivity index is 2.42. The number of anilines is 2. The number of hydrogen-bond acceptors (Lipinski definition) is 4. The van der Waals surface area contributed by atoms with Crippen molar-refractivity contribution >= 4 is 23.6 Å². The summed E-state index contributed by atoms with van der Waals surface area (Å²) in [6.07, 6.45) is -4.22. The van der Waals surface area contributed by atoms with Crippen molar-refractivity contribution in [3.8, 4) is 0 Å². The van der Waals surface area contributed by atoms with Crippen molar-refractivity contribution in [3.05, 3.63) is 59.2 Å². The van der Waals surface area contributed by atoms with Crippen molar-refractivity contribution in [2.75, 3.05) is 12.4 Å². The molecule has 0 aliphatic heterocycles. The highest BCUT2D eigenvalue weighted by molar-refractivity contribution is 5.97. The van der Waals surface area contributed by atoms with Crippen LogP contribution >= 0.6 is 0 Å². The molecule has 23 heavy (non-hydrogen) atoms. The van der Waals surface area contributed by atoms with Crippen molar-refractivity contribution in [3.63, 3.8) is 0 Å². The summed E-state index contributed by atoms with van der Waals surface area (Å²) in [6.45, 7) is 0. The van der Waals surface area contributed by atoms with Crippen LogP contribution in [0.2, 0.25) is 0 Å². The summed E-state index contributed by atoms with van der Waals surface area (Å²) in [5, 5.41) is 2.79. The summed E-state index contributed by atoms with van der Waals surface area (Å²) in [4.78, 5) is 22.8. The van der Waals surface area contributed by atoms with Gasteiger partial charge in [-0.15, -0.1) is 0 Å². The van der Waals surface area contributed by atoms with Gasteiger partial charge in [-0.1, -0.05) is 12.1 Å². The molecule has 1 N–H and O–H groups in total. The highest BCUT2D eigenvalue weighted by Gasteiger charge is 2.31. The van der Waals surface area contributed by atoms with Crippen LogP contribution in [0.1, 0.15) is 26.3 Å². The SMILES string of the molecule is COC(=O)c1ccccc1Nc1ccc(C(F)(F)F)cc1C=O. The molecule has 0 aromatic heterocycles. The van der Waals surface area contributed by atoms with Gasteiger partial charge in [0.15, 0.2) is 6.29 Å². The molecule has 0 heterocycles. The van der Waals surface area contributed by atoms with Crippen molar-refractivity contribution in [1.29, 1.82) is 0 Å². The Morgan fingerprint density at radius 2 is 1.83 bits per heavy atom. The van der Waals surface area contributed by atoms with E-state index in [2.05, 4.69) is 10.1 Å². The minimum absolute atomic E-state index is 0.157. The lowest BCUT2D eigenvalue weighted by Crippen LogP contribution is -2.08. The van der Waals surface area contributed by atoms with Crippen LogP contribution in [0.5, 0.6) is 0 Å². The van der Waals surface area contributed by atoms with E-state index in [1.165, 1.54) is 13.2 Å². The monoisotopic (exact) mass is 323 g/mol. The maximum Gasteiger partial charge on any atom is 0.416 e. The first-order valence-corrected chi connectivity index (χ1v) is 6.47. The molecule has 0 bridgehead atoms. The molecule has 2 aromatic carbocycles. The number of aldehydes is 1. The fraction of sp³-hybridized carbons (Fsp3) is 0.125. The van der Waals surface area contributed by atoms with Crippen LogP contribution in [0.4, 0.5) is 24.5 Å². The summed E-state index contributed by atoms with van der Waals surface area (Å²) in [5.41, 5.74) is -0.413. The van der Waals surface area contributed by atoms with Crippen molar-refractivity contribution in [1.82, 2.24) is 0 Å². The second-order valence-electron chi connectivity index (χ2n) is 4.58. The average Bonchev–Trinajstić information content (AvgIpc) is 2.54. The molecule has 0 saturated carbocycles. The molecule has 0 radical (unpaired) electrons. The zero-order chi connectivity index (χ0) is 17.0. The summed E-state index contributed by atoms with van der Waals surface area (Å²) in [5.74, 6) is -0.604. The van der Waals surface area contributed by atoms with E-state index in [-0.39, 0.29) is 16.8 Å². The van der Waals surface area contributed by atoms with E-state index in [1.807, 2.05) is 0 Å². The van der Waals surface area contributed by atoms with Gasteiger partial charge >= 0.3 is 12.1 Å². The fourth-order valence-corrected chi connectivity index (χ4v) is 1.98. The molecule has 2 rings (SSSR count). The minimum Gasteiger partial charge on any atom is -0.465 e. The first-order valence-electron chi connectivity index (χ1n) is 6.47. The molecule has 2 aromatic rings. The lowest BCUT2D eigenvalue weighted by Gasteiger charge is -2.14. The molecule has 0 fully saturated rings. The number of para-hydroxylation sites is 1. The van der Waals surface area contributed by atoms with E-state index in [9.17, 15) is 22.8 Å². The summed E-state index contributed by atoms with van der Waals surface area (Å²) in [7, 11) is 1.22. The second-order valence-corrected chi connectivity index (χ2v) is 4.58. The number of rotatable bonds is 4. The van der Waals surface area contributed by atoms with E-state index < -0.39 is 17.7 Å². The van der Waals surface area contributed by atoms with Gasteiger partial charge in [0.1, 0.15) is 0 Å². The van der Waals surface area contributed by atoms with E-state index >= 15 is 0 Å². The van der Waals surface area contributed by atoms with Gasteiger partial charge in [0, 0.05) is 11.3 Å². The van der Waals surface area contributed by atoms with Crippen molar-refractivity contribution in [2.45, 2.75) is 6.18 Å². The summed E-state index contributed by atoms with van der Waals surface area (Å²) in [6, 6.07) is 9.05. The highest BCUT2D eigenvalue weighted by Crippen LogP contribution is 2.32. The van der Waals surface area contributed by atoms with Crippen LogP contribution < -0.4 is 5.32 Å². The Labute approximate surface area is 129 Å². The van der Waals surface area contributed by atoms with Gasteiger partial charge in [-0.25, -0.2) is 4.79 Å². The average molecular weight is 323 g/mol. The molecule has 0 unspecified atom stereocenters. The molecule has 0 atom stereocenters. The minimum atomic E-state index is -4.54. The van der Waals surface area contributed by atoms with Gasteiger partial charge in [-0.05, 0) is 30.3 Å². The van der Waals surface area contributed by atoms with Crippen LogP contribution in [0.3, 0.4) is 0 Å². The number of esters is 1. The summed E-state index contributed by atoms with van der Waals surface area (Å²) < 4.78 is 42.7. The fourth-order valence-electron chi connectivity index (χ4n) is 1.98. The number of nitrogens with one attached hydrogen (secondary N) is 1. The molecule has 0 spiro atoms. The van der Waals surface area contributed by atoms with Crippen LogP contribution in [0, 0.1) is 0 Å². The third-order valence-electron chi connectivity index (χ3n) is 3.11. The van der Waals surface area contributed by atoms with E-state index in [0.29, 0.717) is 12.0 Å². The largest absolute Gasteiger partial charge is 0.465 e. The molecular formula is C16H12F3NO3. The van der Waals surface area contributed by atoms with Gasteiger partial charge in [0.2, 0.25) is 0 Å². The molecule has 0 amide bonds. The number of hydrogen-bond donors (Lipinski definition) is 1. The maximum atomic E-state index is 12.7. The van der Waals surface area contributed by atoms with Gasteiger partial charge in [-0.2, -0.15) is 13.2 Å². The number of carbonyl (C=O) groups is 2. The number of ether oxygens (including phenoxy) is 1. The van der Waals surface area contributed by atoms with E-state index in [1.54, 1.807) is 18.2 Å². The lowest BCUT2D eigenvalue weighted by atomic mass is 10.1. The Kier molecular flexibility index (Phi) is 4.68. The number of alkyl halides is 3. The Morgan fingerprint density at radius 3 is 2.43 bits per heavy atom. The van der Waals surface area contributed by atoms with Crippen LogP contribution in [0.25, 0.3) is 0 Å². The summed E-state index contributed by atoms with van der Waals surface area (Å²) >= 11 is 0. The predicted molar refractivity (Wildman–Crippen MR) is 77.9 cm³/mol. The normalized spacial score (nSPS) is 11.0. The number of methoxy groups -OCH3 is 1. The molecule has 4 nitrogen and oxygen atoms in total. The zero-order valence-electron chi connectivity index (χ0n) is 12.0. The van der Waals surface area contributed by atoms with Crippen LogP contribution in [-0.2, 0) is 10.9 Å². The molecule has 0 saturated heterocycles. The van der Waals surface area contributed by atoms with Gasteiger partial charge < -0.3 is 10.1 Å². The lowest BCUT2D eigenvalue weighted by molar-refractivity contribution is -0.137. The zero-order valence-corrected chi connectivity index (χ0v) is 12.0. The number of halogens is 3. The second kappa shape index (κ2) is 6.51. The topological polar surface area (TPSA) is 55.4 Å². The molecule has 120 valence electrons. The quantitative estimate of drug-likeness (QED) is 0.681. The van der Waals surface area contributed by atoms with Gasteiger partial charge in [0.05, 0.1) is 23.9 Å². The first-order chi connectivity index (χ1) is 10.9. The first kappa shape index (κ1) is 16.5. The number of carbonyl (C=O) groups excluding carboxylic acids is 2. The molecule has 0 aliphatic carbocycles. The third kappa shape index (κ3) is 3.68. The van der Waals surface area contributed by atoms with E-state index in [4.69, 9.17) is 0 Å².